The van der Waals surface area contributed by atoms with Crippen molar-refractivity contribution < 1.29 is 19.1 Å². The average Bonchev–Trinajstić information content (AvgIpc) is 2.24. The van der Waals surface area contributed by atoms with Crippen LogP contribution in [0, 0.1) is 0 Å². The van der Waals surface area contributed by atoms with Gasteiger partial charge in [0.2, 0.25) is 0 Å². The smallest absolute Gasteiger partial charge is 0.323 e. The van der Waals surface area contributed by atoms with Crippen molar-refractivity contribution in [3.05, 3.63) is 0 Å². The van der Waals surface area contributed by atoms with Gasteiger partial charge < -0.3 is 14.8 Å². The minimum atomic E-state index is -0.422. The molecular formula is C11H21NO4. The van der Waals surface area contributed by atoms with Crippen molar-refractivity contribution in [3.8, 4) is 0 Å². The Morgan fingerprint density at radius 1 is 1.12 bits per heavy atom. The van der Waals surface area contributed by atoms with Crippen LogP contribution in [-0.4, -0.2) is 37.7 Å². The fraction of sp³-hybridized carbons (Fsp3) is 0.818. The lowest BCUT2D eigenvalue weighted by atomic mass is 10.1. The first kappa shape index (κ1) is 14.9. The van der Waals surface area contributed by atoms with Crippen LogP contribution in [0.5, 0.6) is 0 Å². The maximum atomic E-state index is 11.5. The predicted molar refractivity (Wildman–Crippen MR) is 60.0 cm³/mol. The molecule has 0 heterocycles. The van der Waals surface area contributed by atoms with Crippen molar-refractivity contribution in [2.24, 2.45) is 0 Å². The molecule has 0 radical (unpaired) electrons. The van der Waals surface area contributed by atoms with Gasteiger partial charge in [0, 0.05) is 6.42 Å². The molecule has 0 spiro atoms. The number of esters is 2. The minimum absolute atomic E-state index is 0.227. The normalized spacial score (nSPS) is 11.9. The molecule has 0 saturated carbocycles. The fourth-order valence-electron chi connectivity index (χ4n) is 1.29. The lowest BCUT2D eigenvalue weighted by Gasteiger charge is -2.15. The van der Waals surface area contributed by atoms with Gasteiger partial charge in [-0.25, -0.2) is 0 Å². The van der Waals surface area contributed by atoms with Crippen molar-refractivity contribution in [3.63, 3.8) is 0 Å². The van der Waals surface area contributed by atoms with E-state index in [2.05, 4.69) is 5.32 Å². The summed E-state index contributed by atoms with van der Waals surface area (Å²) < 4.78 is 9.69. The zero-order valence-electron chi connectivity index (χ0n) is 10.2. The SMILES string of the molecule is CCN[C@@H](CCC(=O)OCC)C(=O)OCC. The quantitative estimate of drug-likeness (QED) is 0.628. The standard InChI is InChI=1S/C11H21NO4/c1-4-12-9(11(14)16-6-3)7-8-10(13)15-5-2/h9,12H,4-8H2,1-3H3/t9-/m0/s1. The van der Waals surface area contributed by atoms with E-state index in [9.17, 15) is 9.59 Å². The Kier molecular flexibility index (Phi) is 8.52. The molecule has 0 amide bonds. The molecule has 0 aliphatic carbocycles. The van der Waals surface area contributed by atoms with Gasteiger partial charge in [-0.05, 0) is 26.8 Å². The first-order valence-corrected chi connectivity index (χ1v) is 5.71. The second-order valence-electron chi connectivity index (χ2n) is 3.21. The third-order valence-electron chi connectivity index (χ3n) is 1.96. The predicted octanol–water partition coefficient (Wildman–Crippen LogP) is 0.871. The minimum Gasteiger partial charge on any atom is -0.466 e. The zero-order chi connectivity index (χ0) is 12.4. The van der Waals surface area contributed by atoms with E-state index in [1.54, 1.807) is 13.8 Å². The highest BCUT2D eigenvalue weighted by molar-refractivity contribution is 5.77. The van der Waals surface area contributed by atoms with E-state index >= 15 is 0 Å². The maximum Gasteiger partial charge on any atom is 0.323 e. The summed E-state index contributed by atoms with van der Waals surface area (Å²) in [4.78, 5) is 22.6. The number of likely N-dealkylation sites (N-methyl/N-ethyl adjacent to an activating group) is 1. The Bertz CT molecular complexity index is 218. The van der Waals surface area contributed by atoms with Crippen molar-refractivity contribution in [1.29, 1.82) is 0 Å². The van der Waals surface area contributed by atoms with Crippen LogP contribution in [0.1, 0.15) is 33.6 Å². The molecule has 0 aromatic carbocycles. The van der Waals surface area contributed by atoms with Gasteiger partial charge in [-0.1, -0.05) is 6.92 Å². The van der Waals surface area contributed by atoms with E-state index in [0.29, 0.717) is 26.2 Å². The number of carbonyl (C=O) groups excluding carboxylic acids is 2. The summed E-state index contributed by atoms with van der Waals surface area (Å²) >= 11 is 0. The molecule has 0 aromatic heterocycles. The molecule has 16 heavy (non-hydrogen) atoms. The molecule has 5 heteroatoms. The van der Waals surface area contributed by atoms with Crippen LogP contribution in [0.4, 0.5) is 0 Å². The number of hydrogen-bond acceptors (Lipinski definition) is 5. The summed E-state index contributed by atoms with van der Waals surface area (Å²) in [6.07, 6.45) is 0.635. The van der Waals surface area contributed by atoms with Crippen LogP contribution in [0.15, 0.2) is 0 Å². The number of carbonyl (C=O) groups is 2. The lowest BCUT2D eigenvalue weighted by molar-refractivity contribution is -0.147. The Morgan fingerprint density at radius 3 is 2.25 bits per heavy atom. The van der Waals surface area contributed by atoms with Gasteiger partial charge in [0.1, 0.15) is 6.04 Å². The van der Waals surface area contributed by atoms with Gasteiger partial charge in [-0.15, -0.1) is 0 Å². The molecule has 0 bridgehead atoms. The van der Waals surface area contributed by atoms with Crippen molar-refractivity contribution in [1.82, 2.24) is 5.32 Å². The summed E-state index contributed by atoms with van der Waals surface area (Å²) in [7, 11) is 0. The molecule has 0 aromatic rings. The summed E-state index contributed by atoms with van der Waals surface area (Å²) in [5, 5.41) is 2.98. The molecule has 0 saturated heterocycles. The van der Waals surface area contributed by atoms with Crippen molar-refractivity contribution in [2.45, 2.75) is 39.7 Å². The molecular weight excluding hydrogens is 210 g/mol. The van der Waals surface area contributed by atoms with Crippen LogP contribution in [0.3, 0.4) is 0 Å². The van der Waals surface area contributed by atoms with Gasteiger partial charge in [-0.2, -0.15) is 0 Å². The van der Waals surface area contributed by atoms with E-state index in [1.165, 1.54) is 0 Å². The van der Waals surface area contributed by atoms with Gasteiger partial charge in [0.05, 0.1) is 13.2 Å². The van der Waals surface area contributed by atoms with E-state index in [-0.39, 0.29) is 18.4 Å². The summed E-state index contributed by atoms with van der Waals surface area (Å²) in [6, 6.07) is -0.422. The van der Waals surface area contributed by atoms with E-state index in [0.717, 1.165) is 0 Å². The summed E-state index contributed by atoms with van der Waals surface area (Å²) in [5.74, 6) is -0.594. The molecule has 0 unspecified atom stereocenters. The lowest BCUT2D eigenvalue weighted by Crippen LogP contribution is -2.38. The van der Waals surface area contributed by atoms with Crippen molar-refractivity contribution in [2.75, 3.05) is 19.8 Å². The van der Waals surface area contributed by atoms with Crippen LogP contribution in [0.2, 0.25) is 0 Å². The summed E-state index contributed by atoms with van der Waals surface area (Å²) in [5.41, 5.74) is 0. The first-order valence-electron chi connectivity index (χ1n) is 5.71. The van der Waals surface area contributed by atoms with Crippen molar-refractivity contribution >= 4 is 11.9 Å². The average molecular weight is 231 g/mol. The van der Waals surface area contributed by atoms with Gasteiger partial charge >= 0.3 is 11.9 Å². The highest BCUT2D eigenvalue weighted by Gasteiger charge is 2.19. The van der Waals surface area contributed by atoms with E-state index in [1.807, 2.05) is 6.92 Å². The van der Waals surface area contributed by atoms with E-state index < -0.39 is 6.04 Å². The molecule has 0 aliphatic rings. The highest BCUT2D eigenvalue weighted by Crippen LogP contribution is 2.02. The van der Waals surface area contributed by atoms with Crippen LogP contribution in [-0.2, 0) is 19.1 Å². The van der Waals surface area contributed by atoms with Gasteiger partial charge in [-0.3, -0.25) is 9.59 Å². The second kappa shape index (κ2) is 9.15. The first-order chi connectivity index (χ1) is 7.65. The number of nitrogens with one attached hydrogen (secondary N) is 1. The molecule has 94 valence electrons. The molecule has 5 nitrogen and oxygen atoms in total. The van der Waals surface area contributed by atoms with Gasteiger partial charge in [0.15, 0.2) is 0 Å². The Morgan fingerprint density at radius 2 is 1.75 bits per heavy atom. The Hall–Kier alpha value is -1.10. The van der Waals surface area contributed by atoms with Crippen LogP contribution >= 0.6 is 0 Å². The monoisotopic (exact) mass is 231 g/mol. The summed E-state index contributed by atoms with van der Waals surface area (Å²) in [6.45, 7) is 6.78. The number of rotatable bonds is 8. The third kappa shape index (κ3) is 6.40. The van der Waals surface area contributed by atoms with Crippen LogP contribution < -0.4 is 5.32 Å². The van der Waals surface area contributed by atoms with Crippen LogP contribution in [0.25, 0.3) is 0 Å². The number of hydrogen-bond donors (Lipinski definition) is 1. The fourth-order valence-corrected chi connectivity index (χ4v) is 1.29. The molecule has 1 N–H and O–H groups in total. The second-order valence-corrected chi connectivity index (χ2v) is 3.21. The molecule has 1 atom stereocenters. The molecule has 0 fully saturated rings. The third-order valence-corrected chi connectivity index (χ3v) is 1.96. The molecule has 0 rings (SSSR count). The van der Waals surface area contributed by atoms with Gasteiger partial charge in [0.25, 0.3) is 0 Å². The molecule has 0 aliphatic heterocycles. The zero-order valence-corrected chi connectivity index (χ0v) is 10.2. The topological polar surface area (TPSA) is 64.6 Å². The largest absolute Gasteiger partial charge is 0.466 e. The Labute approximate surface area is 96.5 Å². The Balaban J connectivity index is 4.02. The number of ether oxygens (including phenoxy) is 2. The van der Waals surface area contributed by atoms with E-state index in [4.69, 9.17) is 9.47 Å². The highest BCUT2D eigenvalue weighted by atomic mass is 16.5. The maximum absolute atomic E-state index is 11.5.